The summed E-state index contributed by atoms with van der Waals surface area (Å²) in [7, 11) is -1.99. The summed E-state index contributed by atoms with van der Waals surface area (Å²) in [6.45, 7) is 1.86. The molecule has 0 aromatic heterocycles. The van der Waals surface area contributed by atoms with E-state index in [-0.39, 0.29) is 6.10 Å². The van der Waals surface area contributed by atoms with Crippen molar-refractivity contribution in [2.24, 2.45) is 0 Å². The van der Waals surface area contributed by atoms with Gasteiger partial charge in [0.25, 0.3) is 0 Å². The largest absolute Gasteiger partial charge is 0.497 e. The third-order valence-corrected chi connectivity index (χ3v) is 6.28. The van der Waals surface area contributed by atoms with Crippen LogP contribution < -0.4 is 9.64 Å². The summed E-state index contributed by atoms with van der Waals surface area (Å²) in [5.41, 5.74) is 1.72. The average Bonchev–Trinajstić information content (AvgIpc) is 2.73. The summed E-state index contributed by atoms with van der Waals surface area (Å²) < 4.78 is 31.8. The summed E-state index contributed by atoms with van der Waals surface area (Å²) in [5.74, 6) is 5.59. The van der Waals surface area contributed by atoms with Gasteiger partial charge >= 0.3 is 0 Å². The van der Waals surface area contributed by atoms with Crippen LogP contribution in [0, 0.1) is 17.9 Å². The monoisotopic (exact) mass is 399 g/mol. The van der Waals surface area contributed by atoms with Gasteiger partial charge in [-0.15, -0.1) is 0 Å². The normalized spacial score (nSPS) is 15.2. The van der Waals surface area contributed by atoms with E-state index in [1.54, 1.807) is 19.2 Å². The van der Waals surface area contributed by atoms with Gasteiger partial charge in [0, 0.05) is 43.5 Å². The number of ether oxygens (including phenoxy) is 1. The number of anilines is 1. The molecule has 3 rings (SSSR count). The second kappa shape index (κ2) is 9.11. The Morgan fingerprint density at radius 2 is 1.79 bits per heavy atom. The smallest absolute Gasteiger partial charge is 0.218 e. The van der Waals surface area contributed by atoms with Gasteiger partial charge in [0.15, 0.2) is 6.10 Å². The van der Waals surface area contributed by atoms with Gasteiger partial charge < -0.3 is 14.7 Å². The van der Waals surface area contributed by atoms with Gasteiger partial charge in [0.05, 0.1) is 7.11 Å². The molecule has 2 aromatic rings. The highest BCUT2D eigenvalue weighted by Gasteiger charge is 2.29. The average molecular weight is 399 g/mol. The first-order valence-corrected chi connectivity index (χ1v) is 10.6. The molecule has 7 heteroatoms. The summed E-state index contributed by atoms with van der Waals surface area (Å²) in [5, 5.41) is 9.98. The quantitative estimate of drug-likeness (QED) is 0.780. The first kappa shape index (κ1) is 20.2. The van der Waals surface area contributed by atoms with Crippen LogP contribution in [0.1, 0.15) is 5.56 Å². The van der Waals surface area contributed by atoms with E-state index in [2.05, 4.69) is 16.7 Å². The van der Waals surface area contributed by atoms with Crippen LogP contribution in [0.25, 0.3) is 0 Å². The molecule has 0 amide bonds. The first-order chi connectivity index (χ1) is 13.5. The van der Waals surface area contributed by atoms with Crippen molar-refractivity contribution >= 4 is 15.7 Å². The lowest BCUT2D eigenvalue weighted by atomic mass is 10.2. The standard InChI is InChI=1S/C21H23N2O4S/c1-27-21-9-5-8-19(16-21)22-12-14-23(15-13-22)28(25,26)17-20(24)11-10-18-6-3-2-4-7-18/h2-9,16,24H,12-15,17H2,1H3. The molecular weight excluding hydrogens is 376 g/mol. The van der Waals surface area contributed by atoms with Crippen LogP contribution in [-0.2, 0) is 10.0 Å². The van der Waals surface area contributed by atoms with Crippen LogP contribution in [0.2, 0.25) is 0 Å². The molecule has 0 aliphatic carbocycles. The zero-order valence-corrected chi connectivity index (χ0v) is 16.5. The molecule has 28 heavy (non-hydrogen) atoms. The molecule has 1 heterocycles. The van der Waals surface area contributed by atoms with Gasteiger partial charge in [0.2, 0.25) is 10.0 Å². The van der Waals surface area contributed by atoms with E-state index in [9.17, 15) is 13.5 Å². The second-order valence-corrected chi connectivity index (χ2v) is 8.38. The maximum absolute atomic E-state index is 12.6. The van der Waals surface area contributed by atoms with Gasteiger partial charge in [-0.2, -0.15) is 4.31 Å². The van der Waals surface area contributed by atoms with Crippen molar-refractivity contribution < 1.29 is 18.3 Å². The van der Waals surface area contributed by atoms with Crippen LogP contribution in [0.3, 0.4) is 0 Å². The highest BCUT2D eigenvalue weighted by atomic mass is 32.2. The van der Waals surface area contributed by atoms with E-state index in [1.807, 2.05) is 42.5 Å². The predicted octanol–water partition coefficient (Wildman–Crippen LogP) is 2.10. The van der Waals surface area contributed by atoms with Crippen LogP contribution in [0.4, 0.5) is 5.69 Å². The molecule has 1 aliphatic rings. The Labute approximate surface area is 166 Å². The molecule has 1 aliphatic heterocycles. The lowest BCUT2D eigenvalue weighted by Gasteiger charge is -2.35. The first-order valence-electron chi connectivity index (χ1n) is 8.96. The summed E-state index contributed by atoms with van der Waals surface area (Å²) in [6, 6.07) is 16.8. The molecule has 0 bridgehead atoms. The van der Waals surface area contributed by atoms with Crippen molar-refractivity contribution in [1.29, 1.82) is 0 Å². The SMILES string of the molecule is COc1cccc(N2CCN(S(=O)(=O)C[C](O)C#Cc3ccccc3)CC2)c1. The minimum absolute atomic E-state index is 0.348. The molecule has 0 saturated carbocycles. The van der Waals surface area contributed by atoms with E-state index in [4.69, 9.17) is 4.74 Å². The number of piperazine rings is 1. The molecule has 147 valence electrons. The van der Waals surface area contributed by atoms with Crippen LogP contribution in [0.15, 0.2) is 54.6 Å². The molecule has 1 radical (unpaired) electrons. The number of rotatable bonds is 5. The van der Waals surface area contributed by atoms with Crippen molar-refractivity contribution in [3.63, 3.8) is 0 Å². The molecule has 1 N–H and O–H groups in total. The van der Waals surface area contributed by atoms with Crippen molar-refractivity contribution in [1.82, 2.24) is 4.31 Å². The Bertz CT molecular complexity index is 943. The minimum Gasteiger partial charge on any atom is -0.497 e. The molecule has 0 spiro atoms. The Kier molecular flexibility index (Phi) is 6.57. The number of hydrogen-bond donors (Lipinski definition) is 1. The van der Waals surface area contributed by atoms with E-state index >= 15 is 0 Å². The minimum atomic E-state index is -3.61. The maximum Gasteiger partial charge on any atom is 0.218 e. The van der Waals surface area contributed by atoms with Gasteiger partial charge in [0.1, 0.15) is 11.5 Å². The lowest BCUT2D eigenvalue weighted by molar-refractivity contribution is 0.343. The number of aliphatic hydroxyl groups is 1. The van der Waals surface area contributed by atoms with Gasteiger partial charge in [-0.3, -0.25) is 0 Å². The summed E-state index contributed by atoms with van der Waals surface area (Å²) >= 11 is 0. The van der Waals surface area contributed by atoms with Crippen LogP contribution >= 0.6 is 0 Å². The number of sulfonamides is 1. The fourth-order valence-corrected chi connectivity index (χ4v) is 4.32. The van der Waals surface area contributed by atoms with Gasteiger partial charge in [-0.1, -0.05) is 36.1 Å². The van der Waals surface area contributed by atoms with Crippen molar-refractivity contribution in [2.75, 3.05) is 43.9 Å². The number of hydrogen-bond acceptors (Lipinski definition) is 5. The lowest BCUT2D eigenvalue weighted by Crippen LogP contribution is -2.49. The zero-order valence-electron chi connectivity index (χ0n) is 15.7. The van der Waals surface area contributed by atoms with Crippen molar-refractivity contribution in [3.05, 3.63) is 66.3 Å². The highest BCUT2D eigenvalue weighted by molar-refractivity contribution is 7.89. The van der Waals surface area contributed by atoms with Gasteiger partial charge in [-0.25, -0.2) is 8.42 Å². The van der Waals surface area contributed by atoms with E-state index in [1.165, 1.54) is 4.31 Å². The zero-order chi connectivity index (χ0) is 20.0. The maximum atomic E-state index is 12.6. The Balaban J connectivity index is 1.57. The highest BCUT2D eigenvalue weighted by Crippen LogP contribution is 2.23. The fourth-order valence-electron chi connectivity index (χ4n) is 3.00. The second-order valence-electron chi connectivity index (χ2n) is 6.41. The molecule has 6 nitrogen and oxygen atoms in total. The van der Waals surface area contributed by atoms with E-state index in [0.717, 1.165) is 17.0 Å². The third kappa shape index (κ3) is 5.26. The number of methoxy groups -OCH3 is 1. The topological polar surface area (TPSA) is 70.1 Å². The fraction of sp³-hybridized carbons (Fsp3) is 0.286. The number of benzene rings is 2. The predicted molar refractivity (Wildman–Crippen MR) is 109 cm³/mol. The van der Waals surface area contributed by atoms with Crippen molar-refractivity contribution in [3.8, 4) is 17.6 Å². The van der Waals surface area contributed by atoms with Crippen LogP contribution in [0.5, 0.6) is 5.75 Å². The molecule has 1 saturated heterocycles. The number of aliphatic hydroxyl groups excluding tert-OH is 1. The van der Waals surface area contributed by atoms with Crippen LogP contribution in [-0.4, -0.2) is 56.9 Å². The molecule has 2 aromatic carbocycles. The summed E-state index contributed by atoms with van der Waals surface area (Å²) in [4.78, 5) is 2.12. The number of nitrogens with zero attached hydrogens (tertiary/aromatic N) is 2. The Hall–Kier alpha value is -2.53. The molecular formula is C21H23N2O4S. The van der Waals surface area contributed by atoms with E-state index in [0.29, 0.717) is 26.2 Å². The third-order valence-electron chi connectivity index (χ3n) is 4.49. The van der Waals surface area contributed by atoms with Crippen molar-refractivity contribution in [2.45, 2.75) is 0 Å². The molecule has 1 fully saturated rings. The Morgan fingerprint density at radius 1 is 1.07 bits per heavy atom. The van der Waals surface area contributed by atoms with E-state index < -0.39 is 15.8 Å². The van der Waals surface area contributed by atoms with Gasteiger partial charge in [-0.05, 0) is 24.3 Å². The Morgan fingerprint density at radius 3 is 2.46 bits per heavy atom. The summed E-state index contributed by atoms with van der Waals surface area (Å²) in [6.07, 6.45) is -0.348. The molecule has 0 atom stereocenters. The molecule has 0 unspecified atom stereocenters.